The van der Waals surface area contributed by atoms with Crippen LogP contribution in [0.1, 0.15) is 46.5 Å². The molecule has 0 aromatic heterocycles. The summed E-state index contributed by atoms with van der Waals surface area (Å²) in [5, 5.41) is 16.0. The summed E-state index contributed by atoms with van der Waals surface area (Å²) >= 11 is 0. The first-order valence-corrected chi connectivity index (χ1v) is 7.19. The molecule has 3 N–H and O–H groups in total. The molecule has 1 heterocycles. The Labute approximate surface area is 111 Å². The molecule has 1 rings (SSSR count). The Hall–Kier alpha value is -0.610. The van der Waals surface area contributed by atoms with E-state index in [1.807, 2.05) is 13.8 Å². The minimum absolute atomic E-state index is 0.108. The Morgan fingerprint density at radius 1 is 1.50 bits per heavy atom. The molecule has 106 valence electrons. The molecular formula is C14H28N2O2. The van der Waals surface area contributed by atoms with Crippen molar-refractivity contribution in [1.82, 2.24) is 10.6 Å². The molecule has 0 aromatic carbocycles. The van der Waals surface area contributed by atoms with Crippen molar-refractivity contribution in [2.24, 2.45) is 11.3 Å². The van der Waals surface area contributed by atoms with E-state index < -0.39 is 6.10 Å². The van der Waals surface area contributed by atoms with Crippen LogP contribution in [0.5, 0.6) is 0 Å². The van der Waals surface area contributed by atoms with Crippen LogP contribution >= 0.6 is 0 Å². The van der Waals surface area contributed by atoms with E-state index in [2.05, 4.69) is 17.6 Å². The largest absolute Gasteiger partial charge is 0.391 e. The zero-order chi connectivity index (χ0) is 13.6. The first-order chi connectivity index (χ1) is 8.52. The SMILES string of the molecule is CCCC1(C(=O)NCC(O)C(C)C)CCCNC1. The highest BCUT2D eigenvalue weighted by atomic mass is 16.3. The van der Waals surface area contributed by atoms with Gasteiger partial charge < -0.3 is 15.7 Å². The third-order valence-corrected chi connectivity index (χ3v) is 3.92. The van der Waals surface area contributed by atoms with Gasteiger partial charge in [0, 0.05) is 13.1 Å². The summed E-state index contributed by atoms with van der Waals surface area (Å²) in [4.78, 5) is 12.4. The Balaban J connectivity index is 2.54. The van der Waals surface area contributed by atoms with Crippen LogP contribution in [-0.2, 0) is 4.79 Å². The number of hydrogen-bond acceptors (Lipinski definition) is 3. The van der Waals surface area contributed by atoms with Gasteiger partial charge in [0.05, 0.1) is 11.5 Å². The van der Waals surface area contributed by atoms with Gasteiger partial charge in [-0.15, -0.1) is 0 Å². The second-order valence-corrected chi connectivity index (χ2v) is 5.83. The first-order valence-electron chi connectivity index (χ1n) is 7.19. The van der Waals surface area contributed by atoms with Gasteiger partial charge in [0.25, 0.3) is 0 Å². The van der Waals surface area contributed by atoms with E-state index in [0.717, 1.165) is 38.8 Å². The Bertz CT molecular complexity index is 255. The average Bonchev–Trinajstić information content (AvgIpc) is 2.36. The number of piperidine rings is 1. The molecule has 4 heteroatoms. The lowest BCUT2D eigenvalue weighted by Crippen LogP contribution is -2.51. The number of hydrogen-bond donors (Lipinski definition) is 3. The Kier molecular flexibility index (Phi) is 6.09. The van der Waals surface area contributed by atoms with Crippen LogP contribution in [0.2, 0.25) is 0 Å². The predicted octanol–water partition coefficient (Wildman–Crippen LogP) is 1.29. The van der Waals surface area contributed by atoms with E-state index in [9.17, 15) is 9.90 Å². The van der Waals surface area contributed by atoms with Crippen LogP contribution in [0.25, 0.3) is 0 Å². The third kappa shape index (κ3) is 3.95. The quantitative estimate of drug-likeness (QED) is 0.671. The molecule has 2 atom stereocenters. The molecule has 0 radical (unpaired) electrons. The molecule has 0 saturated carbocycles. The third-order valence-electron chi connectivity index (χ3n) is 3.92. The number of aliphatic hydroxyl groups is 1. The van der Waals surface area contributed by atoms with Crippen molar-refractivity contribution < 1.29 is 9.90 Å². The van der Waals surface area contributed by atoms with E-state index in [1.54, 1.807) is 0 Å². The summed E-state index contributed by atoms with van der Waals surface area (Å²) in [6, 6.07) is 0. The van der Waals surface area contributed by atoms with Crippen LogP contribution in [0.3, 0.4) is 0 Å². The van der Waals surface area contributed by atoms with Gasteiger partial charge >= 0.3 is 0 Å². The van der Waals surface area contributed by atoms with E-state index in [0.29, 0.717) is 6.54 Å². The summed E-state index contributed by atoms with van der Waals surface area (Å²) in [5.41, 5.74) is -0.260. The minimum Gasteiger partial charge on any atom is -0.391 e. The molecule has 0 aliphatic carbocycles. The molecule has 2 unspecified atom stereocenters. The maximum atomic E-state index is 12.4. The zero-order valence-electron chi connectivity index (χ0n) is 12.0. The van der Waals surface area contributed by atoms with Gasteiger partial charge in [-0.1, -0.05) is 27.2 Å². The predicted molar refractivity (Wildman–Crippen MR) is 73.3 cm³/mol. The number of carbonyl (C=O) groups excluding carboxylic acids is 1. The molecule has 0 bridgehead atoms. The van der Waals surface area contributed by atoms with Crippen LogP contribution in [0, 0.1) is 11.3 Å². The molecule has 1 fully saturated rings. The van der Waals surface area contributed by atoms with Crippen LogP contribution in [-0.4, -0.2) is 36.8 Å². The van der Waals surface area contributed by atoms with Crippen LogP contribution < -0.4 is 10.6 Å². The summed E-state index contributed by atoms with van der Waals surface area (Å²) in [6.45, 7) is 8.17. The fourth-order valence-electron chi connectivity index (χ4n) is 2.59. The van der Waals surface area contributed by atoms with Gasteiger partial charge in [-0.05, 0) is 31.7 Å². The first kappa shape index (κ1) is 15.4. The van der Waals surface area contributed by atoms with Crippen molar-refractivity contribution in [3.8, 4) is 0 Å². The number of carbonyl (C=O) groups is 1. The second kappa shape index (κ2) is 7.10. The lowest BCUT2D eigenvalue weighted by Gasteiger charge is -2.36. The molecule has 1 saturated heterocycles. The normalized spacial score (nSPS) is 26.1. The fraction of sp³-hybridized carbons (Fsp3) is 0.929. The highest BCUT2D eigenvalue weighted by Gasteiger charge is 2.38. The van der Waals surface area contributed by atoms with Crippen molar-refractivity contribution >= 4 is 5.91 Å². The highest BCUT2D eigenvalue weighted by molar-refractivity contribution is 5.83. The van der Waals surface area contributed by atoms with Crippen LogP contribution in [0.15, 0.2) is 0 Å². The van der Waals surface area contributed by atoms with Gasteiger partial charge in [0.2, 0.25) is 5.91 Å². The topological polar surface area (TPSA) is 61.4 Å². The van der Waals surface area contributed by atoms with Gasteiger partial charge in [0.15, 0.2) is 0 Å². The molecule has 1 amide bonds. The van der Waals surface area contributed by atoms with E-state index in [1.165, 1.54) is 0 Å². The Morgan fingerprint density at radius 2 is 2.22 bits per heavy atom. The van der Waals surface area contributed by atoms with Gasteiger partial charge in [0.1, 0.15) is 0 Å². The van der Waals surface area contributed by atoms with Crippen molar-refractivity contribution in [2.45, 2.75) is 52.6 Å². The van der Waals surface area contributed by atoms with Crippen molar-refractivity contribution in [3.05, 3.63) is 0 Å². The maximum Gasteiger partial charge on any atom is 0.227 e. The minimum atomic E-state index is -0.454. The molecule has 0 spiro atoms. The number of rotatable bonds is 6. The molecule has 18 heavy (non-hydrogen) atoms. The van der Waals surface area contributed by atoms with Gasteiger partial charge in [-0.2, -0.15) is 0 Å². The van der Waals surface area contributed by atoms with Crippen molar-refractivity contribution in [3.63, 3.8) is 0 Å². The molecular weight excluding hydrogens is 228 g/mol. The van der Waals surface area contributed by atoms with Crippen LogP contribution in [0.4, 0.5) is 0 Å². The smallest absolute Gasteiger partial charge is 0.227 e. The van der Waals surface area contributed by atoms with Crippen molar-refractivity contribution in [1.29, 1.82) is 0 Å². The Morgan fingerprint density at radius 3 is 2.72 bits per heavy atom. The maximum absolute atomic E-state index is 12.4. The lowest BCUT2D eigenvalue weighted by atomic mass is 9.76. The number of aliphatic hydroxyl groups excluding tert-OH is 1. The van der Waals surface area contributed by atoms with E-state index in [4.69, 9.17) is 0 Å². The second-order valence-electron chi connectivity index (χ2n) is 5.83. The fourth-order valence-corrected chi connectivity index (χ4v) is 2.59. The van der Waals surface area contributed by atoms with E-state index in [-0.39, 0.29) is 17.2 Å². The molecule has 0 aromatic rings. The summed E-state index contributed by atoms with van der Waals surface area (Å²) in [5.74, 6) is 0.285. The standard InChI is InChI=1S/C14H28N2O2/c1-4-6-14(7-5-8-15-10-14)13(18)16-9-12(17)11(2)3/h11-12,15,17H,4-10H2,1-3H3,(H,16,18). The summed E-state index contributed by atoms with van der Waals surface area (Å²) in [7, 11) is 0. The van der Waals surface area contributed by atoms with Gasteiger partial charge in [-0.25, -0.2) is 0 Å². The van der Waals surface area contributed by atoms with Gasteiger partial charge in [-0.3, -0.25) is 4.79 Å². The highest BCUT2D eigenvalue weighted by Crippen LogP contribution is 2.31. The summed E-state index contributed by atoms with van der Waals surface area (Å²) < 4.78 is 0. The average molecular weight is 256 g/mol. The zero-order valence-corrected chi connectivity index (χ0v) is 12.0. The number of nitrogens with one attached hydrogen (secondary N) is 2. The van der Waals surface area contributed by atoms with E-state index >= 15 is 0 Å². The van der Waals surface area contributed by atoms with Crippen molar-refractivity contribution in [2.75, 3.05) is 19.6 Å². The lowest BCUT2D eigenvalue weighted by molar-refractivity contribution is -0.133. The monoisotopic (exact) mass is 256 g/mol. The molecule has 4 nitrogen and oxygen atoms in total. The molecule has 1 aliphatic heterocycles. The molecule has 1 aliphatic rings. The number of amides is 1. The summed E-state index contributed by atoms with van der Waals surface area (Å²) in [6.07, 6.45) is 3.49.